The maximum atomic E-state index is 11.4. The molecule has 2 fully saturated rings. The summed E-state index contributed by atoms with van der Waals surface area (Å²) in [6.45, 7) is 6.51. The van der Waals surface area contributed by atoms with Gasteiger partial charge in [-0.3, -0.25) is 19.4 Å². The lowest BCUT2D eigenvalue weighted by Crippen LogP contribution is -2.51. The van der Waals surface area contributed by atoms with E-state index in [0.717, 1.165) is 26.2 Å². The first kappa shape index (κ1) is 11.5. The van der Waals surface area contributed by atoms with E-state index in [2.05, 4.69) is 17.1 Å². The Morgan fingerprint density at radius 3 is 2.56 bits per heavy atom. The van der Waals surface area contributed by atoms with E-state index in [1.165, 1.54) is 4.90 Å². The van der Waals surface area contributed by atoms with Gasteiger partial charge in [0.15, 0.2) is 0 Å². The molecule has 2 aliphatic rings. The third-order valence-electron chi connectivity index (χ3n) is 3.25. The number of imide groups is 1. The minimum atomic E-state index is -0.00631. The van der Waals surface area contributed by atoms with Crippen molar-refractivity contribution in [1.29, 1.82) is 0 Å². The smallest absolute Gasteiger partial charge is 0.229 e. The van der Waals surface area contributed by atoms with Crippen LogP contribution in [0.1, 0.15) is 19.8 Å². The summed E-state index contributed by atoms with van der Waals surface area (Å²) in [5.74, 6) is -0.0126. The van der Waals surface area contributed by atoms with E-state index in [4.69, 9.17) is 0 Å². The zero-order valence-corrected chi connectivity index (χ0v) is 9.74. The van der Waals surface area contributed by atoms with Crippen LogP contribution in [0.4, 0.5) is 0 Å². The normalized spacial score (nSPS) is 27.8. The maximum absolute atomic E-state index is 11.4. The fourth-order valence-corrected chi connectivity index (χ4v) is 2.33. The Bertz CT molecular complexity index is 277. The first-order valence-corrected chi connectivity index (χ1v) is 5.96. The van der Waals surface area contributed by atoms with Crippen LogP contribution in [0.25, 0.3) is 0 Å². The van der Waals surface area contributed by atoms with Crippen LogP contribution in [0.3, 0.4) is 0 Å². The van der Waals surface area contributed by atoms with Gasteiger partial charge < -0.3 is 5.32 Å². The van der Waals surface area contributed by atoms with Crippen molar-refractivity contribution in [3.05, 3.63) is 0 Å². The molecule has 0 bridgehead atoms. The molecular weight excluding hydrogens is 206 g/mol. The monoisotopic (exact) mass is 225 g/mol. The van der Waals surface area contributed by atoms with Crippen molar-refractivity contribution < 1.29 is 9.59 Å². The number of carbonyl (C=O) groups excluding carboxylic acids is 2. The lowest BCUT2D eigenvalue weighted by Gasteiger charge is -2.32. The first-order valence-electron chi connectivity index (χ1n) is 5.96. The molecule has 5 heteroatoms. The highest BCUT2D eigenvalue weighted by Crippen LogP contribution is 2.11. The van der Waals surface area contributed by atoms with Gasteiger partial charge in [0.05, 0.1) is 0 Å². The summed E-state index contributed by atoms with van der Waals surface area (Å²) < 4.78 is 0. The lowest BCUT2D eigenvalue weighted by molar-refractivity contribution is -0.138. The Balaban J connectivity index is 1.78. The van der Waals surface area contributed by atoms with E-state index >= 15 is 0 Å². The number of carbonyl (C=O) groups is 2. The summed E-state index contributed by atoms with van der Waals surface area (Å²) >= 11 is 0. The summed E-state index contributed by atoms with van der Waals surface area (Å²) in [4.78, 5) is 26.5. The van der Waals surface area contributed by atoms with E-state index < -0.39 is 0 Å². The highest BCUT2D eigenvalue weighted by molar-refractivity contribution is 6.01. The number of likely N-dealkylation sites (tertiary alicyclic amines) is 1. The van der Waals surface area contributed by atoms with Crippen molar-refractivity contribution in [2.75, 3.05) is 32.7 Å². The Labute approximate surface area is 95.8 Å². The molecule has 2 rings (SSSR count). The van der Waals surface area contributed by atoms with Crippen LogP contribution in [0, 0.1) is 0 Å². The van der Waals surface area contributed by atoms with Gasteiger partial charge >= 0.3 is 0 Å². The molecular formula is C11H19N3O2. The molecule has 16 heavy (non-hydrogen) atoms. The maximum Gasteiger partial charge on any atom is 0.229 e. The second-order valence-corrected chi connectivity index (χ2v) is 4.59. The Morgan fingerprint density at radius 2 is 1.94 bits per heavy atom. The average Bonchev–Trinajstić information content (AvgIpc) is 2.56. The number of piperazine rings is 1. The number of nitrogens with one attached hydrogen (secondary N) is 1. The van der Waals surface area contributed by atoms with E-state index in [-0.39, 0.29) is 11.8 Å². The standard InChI is InChI=1S/C11H19N3O2/c1-9-8-13(5-4-12-9)6-7-14-10(15)2-3-11(14)16/h9,12H,2-8H2,1H3/t9-/m1/s1. The molecule has 0 spiro atoms. The summed E-state index contributed by atoms with van der Waals surface area (Å²) in [6.07, 6.45) is 0.799. The second kappa shape index (κ2) is 4.93. The van der Waals surface area contributed by atoms with Crippen molar-refractivity contribution in [3.63, 3.8) is 0 Å². The first-order chi connectivity index (χ1) is 7.66. The number of amides is 2. The highest BCUT2D eigenvalue weighted by Gasteiger charge is 2.29. The zero-order chi connectivity index (χ0) is 11.5. The molecule has 2 aliphatic heterocycles. The summed E-state index contributed by atoms with van der Waals surface area (Å²) in [5, 5.41) is 3.37. The fourth-order valence-electron chi connectivity index (χ4n) is 2.33. The molecule has 0 unspecified atom stereocenters. The van der Waals surface area contributed by atoms with Gasteiger partial charge in [-0.15, -0.1) is 0 Å². The van der Waals surface area contributed by atoms with Crippen LogP contribution < -0.4 is 5.32 Å². The van der Waals surface area contributed by atoms with Crippen molar-refractivity contribution in [2.45, 2.75) is 25.8 Å². The fraction of sp³-hybridized carbons (Fsp3) is 0.818. The molecule has 0 aliphatic carbocycles. The number of rotatable bonds is 3. The zero-order valence-electron chi connectivity index (χ0n) is 9.74. The highest BCUT2D eigenvalue weighted by atomic mass is 16.2. The van der Waals surface area contributed by atoms with E-state index in [1.807, 2.05) is 0 Å². The molecule has 0 aromatic carbocycles. The minimum absolute atomic E-state index is 0.00631. The molecule has 5 nitrogen and oxygen atoms in total. The number of hydrogen-bond acceptors (Lipinski definition) is 4. The molecule has 2 heterocycles. The molecule has 2 saturated heterocycles. The Morgan fingerprint density at radius 1 is 1.25 bits per heavy atom. The van der Waals surface area contributed by atoms with Crippen LogP contribution in [0.15, 0.2) is 0 Å². The molecule has 0 aromatic heterocycles. The van der Waals surface area contributed by atoms with Gasteiger partial charge in [-0.1, -0.05) is 0 Å². The van der Waals surface area contributed by atoms with Crippen LogP contribution in [-0.4, -0.2) is 60.4 Å². The average molecular weight is 225 g/mol. The summed E-state index contributed by atoms with van der Waals surface area (Å²) in [6, 6.07) is 0.499. The predicted molar refractivity (Wildman–Crippen MR) is 59.9 cm³/mol. The number of nitrogens with zero attached hydrogens (tertiary/aromatic N) is 2. The minimum Gasteiger partial charge on any atom is -0.312 e. The molecule has 0 saturated carbocycles. The van der Waals surface area contributed by atoms with Crippen LogP contribution in [-0.2, 0) is 9.59 Å². The van der Waals surface area contributed by atoms with E-state index in [0.29, 0.717) is 25.4 Å². The van der Waals surface area contributed by atoms with Gasteiger partial charge in [-0.25, -0.2) is 0 Å². The van der Waals surface area contributed by atoms with Gasteiger partial charge in [0.25, 0.3) is 0 Å². The molecule has 0 radical (unpaired) electrons. The third-order valence-corrected chi connectivity index (χ3v) is 3.25. The topological polar surface area (TPSA) is 52.7 Å². The molecule has 2 amide bonds. The lowest BCUT2D eigenvalue weighted by atomic mass is 10.2. The predicted octanol–water partition coefficient (Wildman–Crippen LogP) is -0.571. The van der Waals surface area contributed by atoms with Gasteiger partial charge in [-0.2, -0.15) is 0 Å². The van der Waals surface area contributed by atoms with Crippen LogP contribution >= 0.6 is 0 Å². The van der Waals surface area contributed by atoms with E-state index in [1.54, 1.807) is 0 Å². The second-order valence-electron chi connectivity index (χ2n) is 4.59. The van der Waals surface area contributed by atoms with Crippen molar-refractivity contribution in [3.8, 4) is 0 Å². The largest absolute Gasteiger partial charge is 0.312 e. The van der Waals surface area contributed by atoms with Crippen molar-refractivity contribution >= 4 is 11.8 Å². The van der Waals surface area contributed by atoms with Gasteiger partial charge in [0.1, 0.15) is 0 Å². The van der Waals surface area contributed by atoms with Crippen molar-refractivity contribution in [2.24, 2.45) is 0 Å². The Hall–Kier alpha value is -0.940. The van der Waals surface area contributed by atoms with Gasteiger partial charge in [0, 0.05) is 51.6 Å². The molecule has 1 atom stereocenters. The summed E-state index contributed by atoms with van der Waals surface area (Å²) in [5.41, 5.74) is 0. The van der Waals surface area contributed by atoms with Gasteiger partial charge in [0.2, 0.25) is 11.8 Å². The van der Waals surface area contributed by atoms with Crippen LogP contribution in [0.2, 0.25) is 0 Å². The van der Waals surface area contributed by atoms with Crippen molar-refractivity contribution in [1.82, 2.24) is 15.1 Å². The number of hydrogen-bond donors (Lipinski definition) is 1. The van der Waals surface area contributed by atoms with Gasteiger partial charge in [-0.05, 0) is 6.92 Å². The van der Waals surface area contributed by atoms with Crippen LogP contribution in [0.5, 0.6) is 0 Å². The quantitative estimate of drug-likeness (QED) is 0.654. The Kier molecular flexibility index (Phi) is 3.56. The molecule has 0 aromatic rings. The summed E-state index contributed by atoms with van der Waals surface area (Å²) in [7, 11) is 0. The molecule has 1 N–H and O–H groups in total. The third kappa shape index (κ3) is 2.59. The SMILES string of the molecule is C[C@@H]1CN(CCN2C(=O)CCC2=O)CCN1. The van der Waals surface area contributed by atoms with E-state index in [9.17, 15) is 9.59 Å². The molecule has 90 valence electrons.